The molecule has 6 heteroatoms. The molecule has 0 aliphatic carbocycles. The van der Waals surface area contributed by atoms with E-state index in [-0.39, 0.29) is 12.5 Å². The van der Waals surface area contributed by atoms with Gasteiger partial charge in [-0.3, -0.25) is 10.1 Å². The van der Waals surface area contributed by atoms with Crippen LogP contribution >= 0.6 is 11.3 Å². The lowest BCUT2D eigenvalue weighted by Gasteiger charge is -2.07. The zero-order valence-corrected chi connectivity index (χ0v) is 11.6. The molecule has 1 aromatic heterocycles. The topological polar surface area (TPSA) is 77.2 Å². The van der Waals surface area contributed by atoms with E-state index < -0.39 is 0 Å². The number of anilines is 2. The van der Waals surface area contributed by atoms with E-state index in [0.29, 0.717) is 16.6 Å². The van der Waals surface area contributed by atoms with Gasteiger partial charge in [-0.25, -0.2) is 4.98 Å². The lowest BCUT2D eigenvalue weighted by atomic mass is 10.3. The van der Waals surface area contributed by atoms with Gasteiger partial charge in [0.05, 0.1) is 11.4 Å². The summed E-state index contributed by atoms with van der Waals surface area (Å²) in [5, 5.41) is 3.28. The van der Waals surface area contributed by atoms with Crippen LogP contribution in [0, 0.1) is 13.8 Å². The SMILES string of the molecule is Cc1nc(NC(=O)COc2ccccc2N)sc1C. The van der Waals surface area contributed by atoms with Crippen molar-refractivity contribution in [2.24, 2.45) is 0 Å². The van der Waals surface area contributed by atoms with E-state index in [1.54, 1.807) is 18.2 Å². The van der Waals surface area contributed by atoms with E-state index in [1.165, 1.54) is 11.3 Å². The van der Waals surface area contributed by atoms with Gasteiger partial charge in [-0.2, -0.15) is 0 Å². The minimum atomic E-state index is -0.253. The van der Waals surface area contributed by atoms with Crippen LogP contribution in [0.3, 0.4) is 0 Å². The van der Waals surface area contributed by atoms with Gasteiger partial charge >= 0.3 is 0 Å². The Hall–Kier alpha value is -2.08. The van der Waals surface area contributed by atoms with Gasteiger partial charge in [-0.15, -0.1) is 11.3 Å². The number of benzene rings is 1. The first kappa shape index (κ1) is 13.4. The van der Waals surface area contributed by atoms with Gasteiger partial charge in [-0.1, -0.05) is 12.1 Å². The summed E-state index contributed by atoms with van der Waals surface area (Å²) in [7, 11) is 0. The van der Waals surface area contributed by atoms with Gasteiger partial charge in [0.25, 0.3) is 5.91 Å². The molecule has 0 saturated heterocycles. The molecule has 0 unspecified atom stereocenters. The minimum Gasteiger partial charge on any atom is -0.482 e. The Kier molecular flexibility index (Phi) is 4.01. The zero-order chi connectivity index (χ0) is 13.8. The van der Waals surface area contributed by atoms with E-state index >= 15 is 0 Å². The van der Waals surface area contributed by atoms with Crippen molar-refractivity contribution in [3.8, 4) is 5.75 Å². The maximum Gasteiger partial charge on any atom is 0.264 e. The molecule has 0 spiro atoms. The number of nitrogens with one attached hydrogen (secondary N) is 1. The Morgan fingerprint density at radius 1 is 1.42 bits per heavy atom. The number of nitrogens with two attached hydrogens (primary N) is 1. The highest BCUT2D eigenvalue weighted by molar-refractivity contribution is 7.15. The normalized spacial score (nSPS) is 10.2. The molecule has 3 N–H and O–H groups in total. The number of nitrogen functional groups attached to an aromatic ring is 1. The van der Waals surface area contributed by atoms with Crippen molar-refractivity contribution in [1.29, 1.82) is 0 Å². The fourth-order valence-corrected chi connectivity index (χ4v) is 2.27. The summed E-state index contributed by atoms with van der Waals surface area (Å²) in [5.74, 6) is 0.251. The van der Waals surface area contributed by atoms with Crippen LogP contribution in [0.5, 0.6) is 5.75 Å². The van der Waals surface area contributed by atoms with Crippen molar-refractivity contribution < 1.29 is 9.53 Å². The number of hydrogen-bond donors (Lipinski definition) is 2. The van der Waals surface area contributed by atoms with E-state index in [9.17, 15) is 4.79 Å². The zero-order valence-electron chi connectivity index (χ0n) is 10.8. The second-order valence-corrected chi connectivity index (χ2v) is 5.24. The summed E-state index contributed by atoms with van der Waals surface area (Å²) in [6.07, 6.45) is 0. The highest BCUT2D eigenvalue weighted by Crippen LogP contribution is 2.22. The van der Waals surface area contributed by atoms with E-state index in [0.717, 1.165) is 10.6 Å². The Balaban J connectivity index is 1.90. The highest BCUT2D eigenvalue weighted by atomic mass is 32.1. The number of rotatable bonds is 4. The quantitative estimate of drug-likeness (QED) is 0.841. The Labute approximate surface area is 115 Å². The molecule has 1 amide bonds. The molecule has 0 aliphatic rings. The van der Waals surface area contributed by atoms with Gasteiger partial charge in [0.15, 0.2) is 11.7 Å². The standard InChI is InChI=1S/C13H15N3O2S/c1-8-9(2)19-13(15-8)16-12(17)7-18-11-6-4-3-5-10(11)14/h3-6H,7,14H2,1-2H3,(H,15,16,17). The Morgan fingerprint density at radius 2 is 2.16 bits per heavy atom. The number of aromatic nitrogens is 1. The monoisotopic (exact) mass is 277 g/mol. The third-order valence-corrected chi connectivity index (χ3v) is 3.54. The van der Waals surface area contributed by atoms with Gasteiger partial charge in [-0.05, 0) is 26.0 Å². The van der Waals surface area contributed by atoms with E-state index in [1.807, 2.05) is 19.9 Å². The summed E-state index contributed by atoms with van der Waals surface area (Å²) in [6, 6.07) is 7.06. The summed E-state index contributed by atoms with van der Waals surface area (Å²) >= 11 is 1.44. The maximum absolute atomic E-state index is 11.7. The number of para-hydroxylation sites is 2. The van der Waals surface area contributed by atoms with Crippen molar-refractivity contribution in [1.82, 2.24) is 4.98 Å². The van der Waals surface area contributed by atoms with Gasteiger partial charge < -0.3 is 10.5 Å². The molecule has 1 heterocycles. The fourth-order valence-electron chi connectivity index (χ4n) is 1.44. The average Bonchev–Trinajstić information content (AvgIpc) is 2.67. The van der Waals surface area contributed by atoms with Crippen molar-refractivity contribution in [2.45, 2.75) is 13.8 Å². The largest absolute Gasteiger partial charge is 0.482 e. The summed E-state index contributed by atoms with van der Waals surface area (Å²) in [4.78, 5) is 17.0. The first-order chi connectivity index (χ1) is 9.06. The third kappa shape index (κ3) is 3.45. The van der Waals surface area contributed by atoms with Crippen LogP contribution in [0.25, 0.3) is 0 Å². The Bertz CT molecular complexity index is 576. The van der Waals surface area contributed by atoms with Crippen LogP contribution in [-0.2, 0) is 4.79 Å². The van der Waals surface area contributed by atoms with Crippen molar-refractivity contribution in [3.05, 3.63) is 34.8 Å². The molecule has 5 nitrogen and oxygen atoms in total. The first-order valence-electron chi connectivity index (χ1n) is 5.77. The van der Waals surface area contributed by atoms with Gasteiger partial charge in [0.2, 0.25) is 0 Å². The third-order valence-electron chi connectivity index (χ3n) is 2.55. The predicted molar refractivity (Wildman–Crippen MR) is 76.6 cm³/mol. The summed E-state index contributed by atoms with van der Waals surface area (Å²) in [6.45, 7) is 3.78. The van der Waals surface area contributed by atoms with Crippen molar-refractivity contribution in [2.75, 3.05) is 17.7 Å². The van der Waals surface area contributed by atoms with Crippen molar-refractivity contribution >= 4 is 28.1 Å². The van der Waals surface area contributed by atoms with E-state index in [2.05, 4.69) is 10.3 Å². The summed E-state index contributed by atoms with van der Waals surface area (Å²) in [5.41, 5.74) is 7.15. The molecular formula is C13H15N3O2S. The van der Waals surface area contributed by atoms with Crippen LogP contribution in [-0.4, -0.2) is 17.5 Å². The number of thiazole rings is 1. The number of amides is 1. The van der Waals surface area contributed by atoms with Crippen molar-refractivity contribution in [3.63, 3.8) is 0 Å². The second-order valence-electron chi connectivity index (χ2n) is 4.04. The molecule has 0 atom stereocenters. The number of ether oxygens (including phenoxy) is 1. The van der Waals surface area contributed by atoms with Crippen LogP contribution < -0.4 is 15.8 Å². The highest BCUT2D eigenvalue weighted by Gasteiger charge is 2.09. The van der Waals surface area contributed by atoms with Crippen LogP contribution in [0.15, 0.2) is 24.3 Å². The smallest absolute Gasteiger partial charge is 0.264 e. The average molecular weight is 277 g/mol. The lowest BCUT2D eigenvalue weighted by molar-refractivity contribution is -0.118. The maximum atomic E-state index is 11.7. The Morgan fingerprint density at radius 3 is 2.79 bits per heavy atom. The van der Waals surface area contributed by atoms with Crippen LogP contribution in [0.1, 0.15) is 10.6 Å². The number of hydrogen-bond acceptors (Lipinski definition) is 5. The molecule has 2 rings (SSSR count). The molecule has 2 aromatic rings. The predicted octanol–water partition coefficient (Wildman–Crippen LogP) is 2.36. The molecule has 0 fully saturated rings. The number of carbonyl (C=O) groups is 1. The van der Waals surface area contributed by atoms with E-state index in [4.69, 9.17) is 10.5 Å². The molecule has 0 bridgehead atoms. The number of carbonyl (C=O) groups excluding carboxylic acids is 1. The molecule has 0 saturated carbocycles. The molecule has 1 aromatic carbocycles. The van der Waals surface area contributed by atoms with Crippen LogP contribution in [0.4, 0.5) is 10.8 Å². The summed E-state index contributed by atoms with van der Waals surface area (Å²) < 4.78 is 5.35. The van der Waals surface area contributed by atoms with Gasteiger partial charge in [0.1, 0.15) is 5.75 Å². The lowest BCUT2D eigenvalue weighted by Crippen LogP contribution is -2.20. The van der Waals surface area contributed by atoms with Gasteiger partial charge in [0, 0.05) is 4.88 Å². The molecular weight excluding hydrogens is 262 g/mol. The molecule has 0 aliphatic heterocycles. The minimum absolute atomic E-state index is 0.0914. The fraction of sp³-hybridized carbons (Fsp3) is 0.231. The second kappa shape index (κ2) is 5.71. The number of aryl methyl sites for hydroxylation is 2. The number of nitrogens with zero attached hydrogens (tertiary/aromatic N) is 1. The molecule has 0 radical (unpaired) electrons. The molecule has 19 heavy (non-hydrogen) atoms. The molecule has 100 valence electrons. The van der Waals surface area contributed by atoms with Crippen LogP contribution in [0.2, 0.25) is 0 Å². The first-order valence-corrected chi connectivity index (χ1v) is 6.59.